The Morgan fingerprint density at radius 2 is 1.67 bits per heavy atom. The van der Waals surface area contributed by atoms with Crippen molar-refractivity contribution in [1.82, 2.24) is 4.90 Å². The van der Waals surface area contributed by atoms with E-state index in [1.54, 1.807) is 55.4 Å². The van der Waals surface area contributed by atoms with Gasteiger partial charge in [-0.3, -0.25) is 19.3 Å². The number of carbonyl (C=O) groups is 4. The van der Waals surface area contributed by atoms with Gasteiger partial charge in [-0.1, -0.05) is 18.2 Å². The second-order valence-electron chi connectivity index (χ2n) is 11.4. The number of ketones is 2. The molecular weight excluding hydrogens is 558 g/mol. The monoisotopic (exact) mass is 591 g/mol. The fourth-order valence-electron chi connectivity index (χ4n) is 6.59. The molecule has 0 radical (unpaired) electrons. The summed E-state index contributed by atoms with van der Waals surface area (Å²) in [6, 6.07) is 8.30. The van der Waals surface area contributed by atoms with E-state index in [1.807, 2.05) is 0 Å². The molecule has 0 bridgehead atoms. The Balaban J connectivity index is 1.65. The van der Waals surface area contributed by atoms with E-state index in [1.165, 1.54) is 19.0 Å². The normalized spacial score (nSPS) is 24.7. The van der Waals surface area contributed by atoms with Gasteiger partial charge in [0.25, 0.3) is 5.91 Å². The number of urea groups is 1. The molecule has 3 aliphatic rings. The summed E-state index contributed by atoms with van der Waals surface area (Å²) in [5.41, 5.74) is 2.79. The molecule has 13 heteroatoms. The van der Waals surface area contributed by atoms with Gasteiger partial charge in [-0.15, -0.1) is 0 Å². The number of benzene rings is 2. The van der Waals surface area contributed by atoms with Gasteiger partial charge in [0.05, 0.1) is 17.3 Å². The lowest BCUT2D eigenvalue weighted by Gasteiger charge is -2.50. The first-order valence-electron chi connectivity index (χ1n) is 13.5. The number of nitrogens with zero attached hydrogens (tertiary/aromatic N) is 2. The molecule has 2 aromatic rings. The summed E-state index contributed by atoms with van der Waals surface area (Å²) in [7, 11) is 6.55. The number of aliphatic hydroxyl groups is 3. The summed E-state index contributed by atoms with van der Waals surface area (Å²) in [6.45, 7) is 0. The van der Waals surface area contributed by atoms with Crippen LogP contribution in [0.15, 0.2) is 53.3 Å². The third-order valence-corrected chi connectivity index (χ3v) is 8.46. The van der Waals surface area contributed by atoms with Crippen molar-refractivity contribution in [2.24, 2.45) is 17.6 Å². The minimum absolute atomic E-state index is 0.0289. The van der Waals surface area contributed by atoms with Crippen LogP contribution in [0.4, 0.5) is 21.9 Å². The number of primary amides is 1. The molecule has 3 amide bonds. The Morgan fingerprint density at radius 3 is 2.26 bits per heavy atom. The van der Waals surface area contributed by atoms with Crippen LogP contribution >= 0.6 is 0 Å². The molecular formula is C30H33N5O8. The van der Waals surface area contributed by atoms with Crippen molar-refractivity contribution in [2.45, 2.75) is 24.5 Å². The molecule has 13 nitrogen and oxygen atoms in total. The number of amides is 3. The van der Waals surface area contributed by atoms with Crippen LogP contribution in [0.1, 0.15) is 17.5 Å². The van der Waals surface area contributed by atoms with Gasteiger partial charge in [0.15, 0.2) is 17.1 Å². The first-order valence-corrected chi connectivity index (χ1v) is 13.5. The highest BCUT2D eigenvalue weighted by molar-refractivity contribution is 6.24. The summed E-state index contributed by atoms with van der Waals surface area (Å²) in [5.74, 6) is -7.45. The van der Waals surface area contributed by atoms with E-state index in [4.69, 9.17) is 5.73 Å². The van der Waals surface area contributed by atoms with Crippen LogP contribution in [0.5, 0.6) is 5.75 Å². The van der Waals surface area contributed by atoms with Gasteiger partial charge in [-0.25, -0.2) is 4.79 Å². The van der Waals surface area contributed by atoms with Crippen molar-refractivity contribution >= 4 is 46.3 Å². The summed E-state index contributed by atoms with van der Waals surface area (Å²) in [6.07, 6.45) is 0.0883. The SMILES string of the molecule is CN(C)c1cc(NC(=O)Nc2ccccc2)c(O)c2c1CC1CC3C(N(C)C)C(=O)C(C(N)=O)=C(O)C3(O)C(=O)C1=C2O. The standard InChI is InChI=1S/C30H33N5O8/c1-34(2)18-12-17(33-29(42)32-14-8-6-5-7-9-14)23(36)20-15(18)10-13-11-16-22(35(3)4)25(38)21(28(31)41)27(40)30(16,43)26(39)19(13)24(20)37/h5-9,12-13,16,22,36-37,40,43H,10-11H2,1-4H3,(H2,31,41)(H2,32,33,42). The first-order chi connectivity index (χ1) is 20.2. The number of phenolic OH excluding ortho intramolecular Hbond substituents is 1. The summed E-state index contributed by atoms with van der Waals surface area (Å²) in [4.78, 5) is 55.4. The maximum atomic E-state index is 14.1. The highest BCUT2D eigenvalue weighted by Crippen LogP contribution is 2.54. The molecule has 226 valence electrons. The van der Waals surface area contributed by atoms with Crippen LogP contribution in [0.3, 0.4) is 0 Å². The molecule has 4 unspecified atom stereocenters. The maximum absolute atomic E-state index is 14.1. The zero-order valence-corrected chi connectivity index (χ0v) is 24.0. The number of Topliss-reactive ketones (excluding diaryl/α,β-unsaturated/α-hetero) is 2. The molecule has 0 aromatic heterocycles. The zero-order valence-electron chi connectivity index (χ0n) is 24.0. The first kappa shape index (κ1) is 29.6. The number of para-hydroxylation sites is 1. The summed E-state index contributed by atoms with van der Waals surface area (Å²) >= 11 is 0. The van der Waals surface area contributed by atoms with Crippen LogP contribution in [-0.2, 0) is 20.8 Å². The van der Waals surface area contributed by atoms with Crippen molar-refractivity contribution in [3.63, 3.8) is 0 Å². The molecule has 43 heavy (non-hydrogen) atoms. The predicted molar refractivity (Wildman–Crippen MR) is 158 cm³/mol. The summed E-state index contributed by atoms with van der Waals surface area (Å²) in [5, 5.41) is 50.9. The van der Waals surface area contributed by atoms with Crippen LogP contribution < -0.4 is 21.3 Å². The van der Waals surface area contributed by atoms with Crippen molar-refractivity contribution in [1.29, 1.82) is 0 Å². The topological polar surface area (TPSA) is 206 Å². The number of likely N-dealkylation sites (N-methyl/N-ethyl adjacent to an activating group) is 1. The molecule has 4 atom stereocenters. The molecule has 0 heterocycles. The molecule has 1 fully saturated rings. The number of aliphatic hydroxyl groups excluding tert-OH is 2. The lowest BCUT2D eigenvalue weighted by atomic mass is 9.57. The van der Waals surface area contributed by atoms with Crippen molar-refractivity contribution < 1.29 is 39.6 Å². The minimum atomic E-state index is -2.74. The van der Waals surface area contributed by atoms with Crippen LogP contribution in [0.2, 0.25) is 0 Å². The lowest BCUT2D eigenvalue weighted by molar-refractivity contribution is -0.153. The molecule has 8 N–H and O–H groups in total. The smallest absolute Gasteiger partial charge is 0.323 e. The van der Waals surface area contributed by atoms with Crippen molar-refractivity contribution in [3.05, 3.63) is 64.4 Å². The number of phenols is 1. The molecule has 5 rings (SSSR count). The molecule has 0 saturated heterocycles. The Kier molecular flexibility index (Phi) is 7.19. The van der Waals surface area contributed by atoms with E-state index >= 15 is 0 Å². The quantitative estimate of drug-likeness (QED) is 0.198. The van der Waals surface area contributed by atoms with E-state index in [0.29, 0.717) is 16.9 Å². The fourth-order valence-corrected chi connectivity index (χ4v) is 6.59. The number of aromatic hydroxyl groups is 1. The van der Waals surface area contributed by atoms with Gasteiger partial charge in [0, 0.05) is 37.0 Å². The van der Waals surface area contributed by atoms with Crippen molar-refractivity contribution in [3.8, 4) is 5.75 Å². The number of nitrogens with one attached hydrogen (secondary N) is 2. The Morgan fingerprint density at radius 1 is 1.02 bits per heavy atom. The number of rotatable bonds is 5. The molecule has 3 aliphatic carbocycles. The van der Waals surface area contributed by atoms with E-state index in [-0.39, 0.29) is 29.7 Å². The summed E-state index contributed by atoms with van der Waals surface area (Å²) < 4.78 is 0. The van der Waals surface area contributed by atoms with E-state index in [9.17, 15) is 39.6 Å². The highest BCUT2D eigenvalue weighted by atomic mass is 16.3. The number of hydrogen-bond acceptors (Lipinski definition) is 10. The number of hydrogen-bond donors (Lipinski definition) is 7. The third kappa shape index (κ3) is 4.48. The van der Waals surface area contributed by atoms with Gasteiger partial charge in [-0.05, 0) is 56.6 Å². The van der Waals surface area contributed by atoms with Crippen LogP contribution in [0, 0.1) is 11.8 Å². The molecule has 0 aliphatic heterocycles. The van der Waals surface area contributed by atoms with Gasteiger partial charge in [0.1, 0.15) is 17.1 Å². The van der Waals surface area contributed by atoms with E-state index < -0.39 is 69.8 Å². The van der Waals surface area contributed by atoms with Crippen LogP contribution in [-0.4, -0.2) is 88.7 Å². The van der Waals surface area contributed by atoms with Gasteiger partial charge < -0.3 is 41.7 Å². The van der Waals surface area contributed by atoms with E-state index in [0.717, 1.165) is 0 Å². The predicted octanol–water partition coefficient (Wildman–Crippen LogP) is 1.67. The number of fused-ring (bicyclic) bond motifs is 3. The number of nitrogens with two attached hydrogens (primary N) is 1. The second kappa shape index (κ2) is 10.4. The van der Waals surface area contributed by atoms with Crippen molar-refractivity contribution in [2.75, 3.05) is 43.7 Å². The zero-order chi connectivity index (χ0) is 31.5. The third-order valence-electron chi connectivity index (χ3n) is 8.46. The second-order valence-corrected chi connectivity index (χ2v) is 11.4. The van der Waals surface area contributed by atoms with Gasteiger partial charge in [-0.2, -0.15) is 0 Å². The average molecular weight is 592 g/mol. The average Bonchev–Trinajstić information content (AvgIpc) is 2.92. The largest absolute Gasteiger partial charge is 0.508 e. The van der Waals surface area contributed by atoms with Gasteiger partial charge >= 0.3 is 6.03 Å². The molecule has 0 spiro atoms. The number of anilines is 3. The van der Waals surface area contributed by atoms with E-state index in [2.05, 4.69) is 10.6 Å². The number of carbonyl (C=O) groups excluding carboxylic acids is 4. The maximum Gasteiger partial charge on any atom is 0.323 e. The molecule has 1 saturated carbocycles. The highest BCUT2D eigenvalue weighted by Gasteiger charge is 2.64. The minimum Gasteiger partial charge on any atom is -0.508 e. The van der Waals surface area contributed by atoms with Crippen LogP contribution in [0.25, 0.3) is 5.76 Å². The Bertz CT molecular complexity index is 1630. The lowest BCUT2D eigenvalue weighted by Crippen LogP contribution is -2.65. The Hall–Kier alpha value is -4.88. The molecule has 2 aromatic carbocycles. The Labute approximate surface area is 246 Å². The van der Waals surface area contributed by atoms with Gasteiger partial charge in [0.2, 0.25) is 5.78 Å². The fraction of sp³-hybridized carbons (Fsp3) is 0.333.